The van der Waals surface area contributed by atoms with Crippen LogP contribution in [0.5, 0.6) is 0 Å². The first-order chi connectivity index (χ1) is 9.38. The number of hydrogen-bond donors (Lipinski definition) is 0. The van der Waals surface area contributed by atoms with Crippen LogP contribution in [0.1, 0.15) is 41.5 Å². The van der Waals surface area contributed by atoms with Gasteiger partial charge in [0, 0.05) is 0 Å². The maximum atomic E-state index is 9.98. The van der Waals surface area contributed by atoms with E-state index in [1.807, 2.05) is 0 Å². The van der Waals surface area contributed by atoms with Gasteiger partial charge in [-0.25, -0.2) is 0 Å². The predicted octanol–water partition coefficient (Wildman–Crippen LogP) is -0.484. The van der Waals surface area contributed by atoms with E-state index in [2.05, 4.69) is 0 Å². The molecule has 0 N–H and O–H groups in total. The fourth-order valence-corrected chi connectivity index (χ4v) is 0.859. The smallest absolute Gasteiger partial charge is 0.876 e. The number of ketones is 3. The molecule has 0 rings (SSSR count). The normalized spacial score (nSPS) is 10.9. The molecule has 0 atom stereocenters. The summed E-state index contributed by atoms with van der Waals surface area (Å²) >= 11 is 0. The van der Waals surface area contributed by atoms with E-state index in [0.717, 1.165) is 18.2 Å². The summed E-state index contributed by atoms with van der Waals surface area (Å²) in [6.45, 7) is 8.09. The van der Waals surface area contributed by atoms with Gasteiger partial charge in [0.2, 0.25) is 0 Å². The van der Waals surface area contributed by atoms with Crippen LogP contribution < -0.4 is 15.3 Å². The minimum absolute atomic E-state index is 0. The summed E-state index contributed by atoms with van der Waals surface area (Å²) < 4.78 is 0. The first-order valence-electron chi connectivity index (χ1n) is 5.96. The molecule has 0 spiro atoms. The molecule has 6 nitrogen and oxygen atoms in total. The van der Waals surface area contributed by atoms with Gasteiger partial charge in [-0.1, -0.05) is 20.8 Å². The van der Waals surface area contributed by atoms with Crippen LogP contribution in [0.3, 0.4) is 0 Å². The molecule has 0 saturated carbocycles. The van der Waals surface area contributed by atoms with Gasteiger partial charge < -0.3 is 15.3 Å². The number of carbonyl (C=O) groups is 3. The predicted molar refractivity (Wildman–Crippen MR) is 73.3 cm³/mol. The van der Waals surface area contributed by atoms with E-state index in [4.69, 9.17) is 0 Å². The Kier molecular flexibility index (Phi) is 22.1. The maximum absolute atomic E-state index is 9.98. The third-order valence-electron chi connectivity index (χ3n) is 1.22. The van der Waals surface area contributed by atoms with Crippen LogP contribution in [0, 0.1) is 0 Å². The molecule has 0 aliphatic rings. The monoisotopic (exact) mass is 356 g/mol. The Hall–Kier alpha value is -1.86. The van der Waals surface area contributed by atoms with Crippen molar-refractivity contribution in [2.24, 2.45) is 0 Å². The molecule has 0 aromatic carbocycles. The fourth-order valence-electron chi connectivity index (χ4n) is 0.859. The molecular weight excluding hydrogens is 335 g/mol. The topological polar surface area (TPSA) is 120 Å². The van der Waals surface area contributed by atoms with Gasteiger partial charge in [0.05, 0.1) is 0 Å². The van der Waals surface area contributed by atoms with Crippen molar-refractivity contribution in [2.45, 2.75) is 41.5 Å². The van der Waals surface area contributed by atoms with Crippen LogP contribution in [0.25, 0.3) is 0 Å². The van der Waals surface area contributed by atoms with E-state index >= 15 is 0 Å². The molecule has 0 radical (unpaired) electrons. The molecule has 0 bridgehead atoms. The second-order valence-corrected chi connectivity index (χ2v) is 4.10. The van der Waals surface area contributed by atoms with Crippen molar-refractivity contribution >= 4 is 17.3 Å². The van der Waals surface area contributed by atoms with E-state index in [9.17, 15) is 29.7 Å². The molecule has 0 fully saturated rings. The quantitative estimate of drug-likeness (QED) is 0.497. The minimum Gasteiger partial charge on any atom is -0.876 e. The van der Waals surface area contributed by atoms with E-state index in [1.165, 1.54) is 41.5 Å². The Bertz CT molecular complexity index is 368. The number of allylic oxidation sites excluding steroid dienone is 6. The standard InChI is InChI=1S/3C5H8O2.Co/c3*1-4(6)3-5(2)7;/h3*3,6H,1-2H3;/q;;;+3/p-3/b3*4-3-;. The van der Waals surface area contributed by atoms with Gasteiger partial charge in [0.1, 0.15) is 0 Å². The van der Waals surface area contributed by atoms with Crippen molar-refractivity contribution in [3.8, 4) is 0 Å². The number of hydrogen-bond acceptors (Lipinski definition) is 6. The van der Waals surface area contributed by atoms with Gasteiger partial charge in [-0.05, 0) is 39.0 Å². The second kappa shape index (κ2) is 17.2. The van der Waals surface area contributed by atoms with Crippen LogP contribution in [-0.4, -0.2) is 17.3 Å². The zero-order valence-corrected chi connectivity index (χ0v) is 14.6. The van der Waals surface area contributed by atoms with Gasteiger partial charge >= 0.3 is 16.8 Å². The molecule has 0 saturated heterocycles. The number of rotatable bonds is 3. The zero-order chi connectivity index (χ0) is 17.6. The van der Waals surface area contributed by atoms with Crippen molar-refractivity contribution in [1.29, 1.82) is 0 Å². The molecule has 22 heavy (non-hydrogen) atoms. The van der Waals surface area contributed by atoms with E-state index in [1.54, 1.807) is 0 Å². The largest absolute Gasteiger partial charge is 3.00 e. The third kappa shape index (κ3) is 51.8. The maximum Gasteiger partial charge on any atom is 3.00 e. The summed E-state index contributed by atoms with van der Waals surface area (Å²) in [4.78, 5) is 29.9. The Balaban J connectivity index is -0.000000108. The summed E-state index contributed by atoms with van der Waals surface area (Å²) in [7, 11) is 0. The van der Waals surface area contributed by atoms with Crippen molar-refractivity contribution in [3.05, 3.63) is 35.5 Å². The summed E-state index contributed by atoms with van der Waals surface area (Å²) in [5, 5.41) is 29.9. The van der Waals surface area contributed by atoms with E-state index < -0.39 is 0 Å². The molecule has 0 heterocycles. The molecule has 0 amide bonds. The molecule has 0 aliphatic carbocycles. The summed E-state index contributed by atoms with van der Waals surface area (Å²) in [5.74, 6) is -1.12. The fraction of sp³-hybridized carbons (Fsp3) is 0.400. The SMILES string of the molecule is CC(=O)/C=C(/C)[O-].CC(=O)/C=C(/C)[O-].CC(=O)/C=C(/C)[O-].[Co+3]. The Morgan fingerprint density at radius 2 is 0.682 bits per heavy atom. The Labute approximate surface area is 141 Å². The number of carbonyl (C=O) groups excluding carboxylic acids is 3. The third-order valence-corrected chi connectivity index (χ3v) is 1.22. The van der Waals surface area contributed by atoms with E-state index in [-0.39, 0.29) is 51.4 Å². The average Bonchev–Trinajstić information content (AvgIpc) is 2.10. The first-order valence-corrected chi connectivity index (χ1v) is 5.96. The van der Waals surface area contributed by atoms with Gasteiger partial charge in [-0.2, -0.15) is 0 Å². The van der Waals surface area contributed by atoms with Crippen LogP contribution >= 0.6 is 0 Å². The Morgan fingerprint density at radius 3 is 0.682 bits per heavy atom. The van der Waals surface area contributed by atoms with Gasteiger partial charge in [0.25, 0.3) is 0 Å². The summed E-state index contributed by atoms with van der Waals surface area (Å²) in [6.07, 6.45) is 3.17. The molecule has 126 valence electrons. The van der Waals surface area contributed by atoms with Gasteiger partial charge in [-0.3, -0.25) is 14.4 Å². The minimum atomic E-state index is -0.187. The van der Waals surface area contributed by atoms with Crippen LogP contribution in [0.2, 0.25) is 0 Å². The average molecular weight is 356 g/mol. The van der Waals surface area contributed by atoms with Crippen LogP contribution in [0.4, 0.5) is 0 Å². The molecule has 0 unspecified atom stereocenters. The van der Waals surface area contributed by atoms with Gasteiger partial charge in [-0.15, -0.1) is 17.3 Å². The molecular formula is C15H21CoO6. The molecule has 0 aromatic heterocycles. The second-order valence-electron chi connectivity index (χ2n) is 4.10. The van der Waals surface area contributed by atoms with Crippen molar-refractivity contribution in [2.75, 3.05) is 0 Å². The van der Waals surface area contributed by atoms with Crippen LogP contribution in [-0.2, 0) is 31.2 Å². The zero-order valence-electron chi connectivity index (χ0n) is 13.5. The molecule has 0 aromatic rings. The summed E-state index contributed by atoms with van der Waals surface area (Å²) in [5.41, 5.74) is 0. The van der Waals surface area contributed by atoms with Gasteiger partial charge in [0.15, 0.2) is 17.3 Å². The van der Waals surface area contributed by atoms with Crippen molar-refractivity contribution in [1.82, 2.24) is 0 Å². The van der Waals surface area contributed by atoms with E-state index in [0.29, 0.717) is 0 Å². The molecule has 7 heteroatoms. The summed E-state index contributed by atoms with van der Waals surface area (Å²) in [6, 6.07) is 0. The van der Waals surface area contributed by atoms with Crippen molar-refractivity contribution < 1.29 is 46.5 Å². The first kappa shape index (κ1) is 28.3. The van der Waals surface area contributed by atoms with Crippen LogP contribution in [0.15, 0.2) is 35.5 Å². The molecule has 0 aliphatic heterocycles. The Morgan fingerprint density at radius 1 is 0.545 bits per heavy atom. The van der Waals surface area contributed by atoms with Crippen molar-refractivity contribution in [3.63, 3.8) is 0 Å².